The molecule has 4 nitrogen and oxygen atoms in total. The third-order valence-electron chi connectivity index (χ3n) is 2.25. The molecule has 1 aromatic carbocycles. The van der Waals surface area contributed by atoms with Crippen molar-refractivity contribution >= 4 is 5.91 Å². The molecule has 1 rings (SSSR count). The second-order valence-corrected chi connectivity index (χ2v) is 3.46. The number of methoxy groups -OCH3 is 1. The number of hydrogen-bond donors (Lipinski definition) is 1. The standard InChI is InChI=1S/C13H14N2O2/c1-3-13(16)15-12(9-17-2)11-6-4-5-10(7-11)8-14/h3-7,12H,1,9H2,2H3,(H,15,16). The predicted octanol–water partition coefficient (Wildman–Crippen LogP) is 1.55. The van der Waals surface area contributed by atoms with Crippen molar-refractivity contribution in [1.29, 1.82) is 5.26 Å². The highest BCUT2D eigenvalue weighted by Gasteiger charge is 2.13. The van der Waals surface area contributed by atoms with E-state index in [1.165, 1.54) is 6.08 Å². The smallest absolute Gasteiger partial charge is 0.243 e. The maximum Gasteiger partial charge on any atom is 0.243 e. The molecule has 1 amide bonds. The van der Waals surface area contributed by atoms with E-state index in [1.54, 1.807) is 25.3 Å². The zero-order valence-electron chi connectivity index (χ0n) is 9.64. The lowest BCUT2D eigenvalue weighted by Crippen LogP contribution is -2.29. The molecule has 0 heterocycles. The van der Waals surface area contributed by atoms with Gasteiger partial charge in [-0.1, -0.05) is 18.7 Å². The van der Waals surface area contributed by atoms with Crippen molar-refractivity contribution in [1.82, 2.24) is 5.32 Å². The quantitative estimate of drug-likeness (QED) is 0.780. The van der Waals surface area contributed by atoms with Crippen molar-refractivity contribution in [3.05, 3.63) is 48.0 Å². The van der Waals surface area contributed by atoms with Gasteiger partial charge in [0.1, 0.15) is 0 Å². The van der Waals surface area contributed by atoms with E-state index in [4.69, 9.17) is 10.00 Å². The second-order valence-electron chi connectivity index (χ2n) is 3.46. The number of nitriles is 1. The summed E-state index contributed by atoms with van der Waals surface area (Å²) < 4.78 is 5.05. The van der Waals surface area contributed by atoms with Crippen LogP contribution in [0.5, 0.6) is 0 Å². The Balaban J connectivity index is 2.92. The third kappa shape index (κ3) is 3.74. The van der Waals surface area contributed by atoms with Crippen LogP contribution in [-0.2, 0) is 9.53 Å². The number of hydrogen-bond acceptors (Lipinski definition) is 3. The zero-order chi connectivity index (χ0) is 12.7. The Bertz CT molecular complexity index is 449. The highest BCUT2D eigenvalue weighted by molar-refractivity contribution is 5.87. The van der Waals surface area contributed by atoms with Crippen LogP contribution in [0.2, 0.25) is 0 Å². The molecule has 0 aliphatic rings. The van der Waals surface area contributed by atoms with E-state index in [1.807, 2.05) is 6.07 Å². The Morgan fingerprint density at radius 3 is 3.06 bits per heavy atom. The van der Waals surface area contributed by atoms with Crippen LogP contribution in [-0.4, -0.2) is 19.6 Å². The number of amides is 1. The molecule has 1 atom stereocenters. The molecule has 0 saturated heterocycles. The minimum atomic E-state index is -0.279. The summed E-state index contributed by atoms with van der Waals surface area (Å²) in [6, 6.07) is 8.83. The van der Waals surface area contributed by atoms with Crippen LogP contribution < -0.4 is 5.32 Å². The van der Waals surface area contributed by atoms with Gasteiger partial charge in [-0.2, -0.15) is 5.26 Å². The van der Waals surface area contributed by atoms with E-state index >= 15 is 0 Å². The van der Waals surface area contributed by atoms with Crippen molar-refractivity contribution < 1.29 is 9.53 Å². The van der Waals surface area contributed by atoms with Crippen LogP contribution in [0, 0.1) is 11.3 Å². The SMILES string of the molecule is C=CC(=O)NC(COC)c1cccc(C#N)c1. The van der Waals surface area contributed by atoms with Crippen molar-refractivity contribution in [3.8, 4) is 6.07 Å². The van der Waals surface area contributed by atoms with Crippen molar-refractivity contribution in [3.63, 3.8) is 0 Å². The summed E-state index contributed by atoms with van der Waals surface area (Å²) in [5.74, 6) is -0.269. The van der Waals surface area contributed by atoms with Crippen molar-refractivity contribution in [2.45, 2.75) is 6.04 Å². The van der Waals surface area contributed by atoms with Crippen LogP contribution in [0.25, 0.3) is 0 Å². The molecule has 1 N–H and O–H groups in total. The zero-order valence-corrected chi connectivity index (χ0v) is 9.64. The number of carbonyl (C=O) groups excluding carboxylic acids is 1. The fourth-order valence-electron chi connectivity index (χ4n) is 1.44. The first-order valence-corrected chi connectivity index (χ1v) is 5.13. The predicted molar refractivity (Wildman–Crippen MR) is 64.1 cm³/mol. The van der Waals surface area contributed by atoms with E-state index in [-0.39, 0.29) is 11.9 Å². The van der Waals surface area contributed by atoms with Crippen molar-refractivity contribution in [2.24, 2.45) is 0 Å². The number of ether oxygens (including phenoxy) is 1. The maximum atomic E-state index is 11.3. The van der Waals surface area contributed by atoms with Gasteiger partial charge >= 0.3 is 0 Å². The van der Waals surface area contributed by atoms with Gasteiger partial charge in [-0.25, -0.2) is 0 Å². The minimum absolute atomic E-state index is 0.269. The topological polar surface area (TPSA) is 62.1 Å². The van der Waals surface area contributed by atoms with Gasteiger partial charge in [0.2, 0.25) is 5.91 Å². The highest BCUT2D eigenvalue weighted by Crippen LogP contribution is 2.14. The lowest BCUT2D eigenvalue weighted by molar-refractivity contribution is -0.117. The van der Waals surface area contributed by atoms with Crippen LogP contribution in [0.1, 0.15) is 17.2 Å². The van der Waals surface area contributed by atoms with Crippen molar-refractivity contribution in [2.75, 3.05) is 13.7 Å². The molecule has 0 aromatic heterocycles. The van der Waals surface area contributed by atoms with Crippen LogP contribution in [0.15, 0.2) is 36.9 Å². The van der Waals surface area contributed by atoms with Gasteiger partial charge < -0.3 is 10.1 Å². The van der Waals surface area contributed by atoms with E-state index in [0.717, 1.165) is 5.56 Å². The Morgan fingerprint density at radius 2 is 2.47 bits per heavy atom. The molecule has 0 aliphatic heterocycles. The molecule has 0 radical (unpaired) electrons. The molecule has 1 aromatic rings. The van der Waals surface area contributed by atoms with Gasteiger partial charge in [0.25, 0.3) is 0 Å². The Hall–Kier alpha value is -2.12. The molecule has 0 saturated carbocycles. The number of nitrogens with zero attached hydrogens (tertiary/aromatic N) is 1. The van der Waals surface area contributed by atoms with Gasteiger partial charge in [-0.3, -0.25) is 4.79 Å². The molecule has 88 valence electrons. The molecule has 17 heavy (non-hydrogen) atoms. The summed E-state index contributed by atoms with van der Waals surface area (Å²) in [6.45, 7) is 3.74. The Kier molecular flexibility index (Phi) is 4.92. The molecular weight excluding hydrogens is 216 g/mol. The van der Waals surface area contributed by atoms with Gasteiger partial charge in [0.15, 0.2) is 0 Å². The Labute approximate surface area is 101 Å². The monoisotopic (exact) mass is 230 g/mol. The number of nitrogens with one attached hydrogen (secondary N) is 1. The van der Waals surface area contributed by atoms with Gasteiger partial charge in [0, 0.05) is 7.11 Å². The lowest BCUT2D eigenvalue weighted by Gasteiger charge is -2.17. The Morgan fingerprint density at radius 1 is 1.71 bits per heavy atom. The van der Waals surface area contributed by atoms with Gasteiger partial charge in [0.05, 0.1) is 24.3 Å². The number of rotatable bonds is 5. The lowest BCUT2D eigenvalue weighted by atomic mass is 10.0. The van der Waals surface area contributed by atoms with Crippen LogP contribution >= 0.6 is 0 Å². The third-order valence-corrected chi connectivity index (χ3v) is 2.25. The summed E-state index contributed by atoms with van der Waals surface area (Å²) in [7, 11) is 1.56. The second kappa shape index (κ2) is 6.46. The molecule has 0 bridgehead atoms. The first-order chi connectivity index (χ1) is 8.21. The normalized spacial score (nSPS) is 11.3. The summed E-state index contributed by atoms with van der Waals surface area (Å²) in [5.41, 5.74) is 1.39. The maximum absolute atomic E-state index is 11.3. The first-order valence-electron chi connectivity index (χ1n) is 5.13. The summed E-state index contributed by atoms with van der Waals surface area (Å²) in [4.78, 5) is 11.3. The molecule has 0 aliphatic carbocycles. The average Bonchev–Trinajstić information content (AvgIpc) is 2.38. The van der Waals surface area contributed by atoms with Crippen LogP contribution in [0.4, 0.5) is 0 Å². The fourth-order valence-corrected chi connectivity index (χ4v) is 1.44. The van der Waals surface area contributed by atoms with Gasteiger partial charge in [-0.15, -0.1) is 0 Å². The first kappa shape index (κ1) is 12.9. The summed E-state index contributed by atoms with van der Waals surface area (Å²) in [5, 5.41) is 11.6. The minimum Gasteiger partial charge on any atom is -0.382 e. The van der Waals surface area contributed by atoms with E-state index in [9.17, 15) is 4.79 Å². The molecule has 1 unspecified atom stereocenters. The van der Waals surface area contributed by atoms with Crippen LogP contribution in [0.3, 0.4) is 0 Å². The largest absolute Gasteiger partial charge is 0.382 e. The number of benzene rings is 1. The van der Waals surface area contributed by atoms with E-state index in [2.05, 4.69) is 18.0 Å². The molecule has 0 spiro atoms. The number of carbonyl (C=O) groups is 1. The molecular formula is C13H14N2O2. The molecule has 0 fully saturated rings. The summed E-state index contributed by atoms with van der Waals surface area (Å²) >= 11 is 0. The fraction of sp³-hybridized carbons (Fsp3) is 0.231. The van der Waals surface area contributed by atoms with E-state index < -0.39 is 0 Å². The summed E-state index contributed by atoms with van der Waals surface area (Å²) in [6.07, 6.45) is 1.21. The highest BCUT2D eigenvalue weighted by atomic mass is 16.5. The molecule has 4 heteroatoms. The van der Waals surface area contributed by atoms with Gasteiger partial charge in [-0.05, 0) is 23.8 Å². The average molecular weight is 230 g/mol. The van der Waals surface area contributed by atoms with E-state index in [0.29, 0.717) is 12.2 Å².